The van der Waals surface area contributed by atoms with Crippen LogP contribution < -0.4 is 15.8 Å². The summed E-state index contributed by atoms with van der Waals surface area (Å²) in [6, 6.07) is 6.52. The van der Waals surface area contributed by atoms with Gasteiger partial charge in [-0.3, -0.25) is 9.78 Å². The van der Waals surface area contributed by atoms with Crippen LogP contribution in [0.5, 0.6) is 5.75 Å². The van der Waals surface area contributed by atoms with E-state index in [-0.39, 0.29) is 23.4 Å². The quantitative estimate of drug-likeness (QED) is 0.648. The summed E-state index contributed by atoms with van der Waals surface area (Å²) in [5, 5.41) is 13.9. The molecule has 0 amide bonds. The van der Waals surface area contributed by atoms with Crippen molar-refractivity contribution < 1.29 is 9.50 Å². The van der Waals surface area contributed by atoms with Crippen molar-refractivity contribution in [3.05, 3.63) is 53.3 Å². The molecule has 166 valence electrons. The Morgan fingerprint density at radius 3 is 2.72 bits per heavy atom. The minimum atomic E-state index is -0.944. The van der Waals surface area contributed by atoms with Crippen molar-refractivity contribution in [3.8, 4) is 28.3 Å². The largest absolute Gasteiger partial charge is 0.507 e. The van der Waals surface area contributed by atoms with Crippen LogP contribution in [-0.4, -0.2) is 56.0 Å². The van der Waals surface area contributed by atoms with E-state index in [1.54, 1.807) is 37.6 Å². The SMILES string of the molecule is CN(c1cnc(-c2ccc(-c3cc(=O)n(C)cn3)cc2O)cn1)[C@H]1CC2CCC(N2)[C@H]1F. The van der Waals surface area contributed by atoms with Gasteiger partial charge in [0.25, 0.3) is 5.56 Å². The molecule has 2 saturated heterocycles. The molecule has 2 aliphatic heterocycles. The van der Waals surface area contributed by atoms with Gasteiger partial charge in [0.05, 0.1) is 36.2 Å². The Morgan fingerprint density at radius 2 is 2.00 bits per heavy atom. The Hall–Kier alpha value is -3.33. The number of nitrogens with zero attached hydrogens (tertiary/aromatic N) is 5. The van der Waals surface area contributed by atoms with Crippen molar-refractivity contribution in [2.45, 2.75) is 43.6 Å². The summed E-state index contributed by atoms with van der Waals surface area (Å²) in [6.07, 6.45) is 6.34. The average Bonchev–Trinajstić information content (AvgIpc) is 3.21. The van der Waals surface area contributed by atoms with E-state index in [0.29, 0.717) is 34.4 Å². The molecule has 0 saturated carbocycles. The van der Waals surface area contributed by atoms with E-state index < -0.39 is 6.17 Å². The topological polar surface area (TPSA) is 96.2 Å². The van der Waals surface area contributed by atoms with Crippen molar-refractivity contribution in [1.82, 2.24) is 24.8 Å². The number of hydrogen-bond acceptors (Lipinski definition) is 7. The van der Waals surface area contributed by atoms with E-state index in [0.717, 1.165) is 19.3 Å². The normalized spacial score (nSPS) is 24.5. The van der Waals surface area contributed by atoms with E-state index in [9.17, 15) is 14.3 Å². The molecular weight excluding hydrogens is 411 g/mol. The number of alkyl halides is 1. The van der Waals surface area contributed by atoms with Gasteiger partial charge >= 0.3 is 0 Å². The molecule has 1 aromatic carbocycles. The van der Waals surface area contributed by atoms with Crippen molar-refractivity contribution >= 4 is 5.82 Å². The number of rotatable bonds is 4. The lowest BCUT2D eigenvalue weighted by atomic mass is 9.96. The second-order valence-electron chi connectivity index (χ2n) is 8.62. The number of aryl methyl sites for hydroxylation is 1. The van der Waals surface area contributed by atoms with Crippen LogP contribution >= 0.6 is 0 Å². The van der Waals surface area contributed by atoms with Crippen LogP contribution in [0.15, 0.2) is 47.8 Å². The third kappa shape index (κ3) is 3.62. The predicted molar refractivity (Wildman–Crippen MR) is 119 cm³/mol. The molecule has 2 aromatic heterocycles. The molecule has 0 radical (unpaired) electrons. The lowest BCUT2D eigenvalue weighted by Crippen LogP contribution is -2.55. The Labute approximate surface area is 184 Å². The number of anilines is 1. The summed E-state index contributed by atoms with van der Waals surface area (Å²) in [5.41, 5.74) is 1.95. The van der Waals surface area contributed by atoms with Crippen molar-refractivity contribution in [1.29, 1.82) is 0 Å². The lowest BCUT2D eigenvalue weighted by Gasteiger charge is -2.38. The van der Waals surface area contributed by atoms with Crippen LogP contribution in [0, 0.1) is 0 Å². The van der Waals surface area contributed by atoms with Crippen LogP contribution in [0.2, 0.25) is 0 Å². The molecular formula is C23H25FN6O2. The van der Waals surface area contributed by atoms with Gasteiger partial charge in [-0.15, -0.1) is 0 Å². The summed E-state index contributed by atoms with van der Waals surface area (Å²) in [5.74, 6) is 0.613. The summed E-state index contributed by atoms with van der Waals surface area (Å²) in [6.45, 7) is 0. The molecule has 5 rings (SSSR count). The maximum absolute atomic E-state index is 14.9. The van der Waals surface area contributed by atoms with Gasteiger partial charge in [0, 0.05) is 43.4 Å². The fourth-order valence-corrected chi connectivity index (χ4v) is 4.69. The first-order valence-electron chi connectivity index (χ1n) is 10.7. The number of halogens is 1. The fourth-order valence-electron chi connectivity index (χ4n) is 4.69. The summed E-state index contributed by atoms with van der Waals surface area (Å²) in [7, 11) is 3.48. The third-order valence-electron chi connectivity index (χ3n) is 6.60. The van der Waals surface area contributed by atoms with Crippen LogP contribution in [-0.2, 0) is 7.05 Å². The highest BCUT2D eigenvalue weighted by molar-refractivity contribution is 5.72. The molecule has 0 spiro atoms. The lowest BCUT2D eigenvalue weighted by molar-refractivity contribution is 0.176. The smallest absolute Gasteiger partial charge is 0.253 e. The highest BCUT2D eigenvalue weighted by Gasteiger charge is 2.43. The van der Waals surface area contributed by atoms with Gasteiger partial charge < -0.3 is 19.9 Å². The van der Waals surface area contributed by atoms with Crippen molar-refractivity contribution in [2.24, 2.45) is 7.05 Å². The first-order chi connectivity index (χ1) is 15.4. The van der Waals surface area contributed by atoms with Gasteiger partial charge in [0.15, 0.2) is 0 Å². The number of fused-ring (bicyclic) bond motifs is 2. The maximum atomic E-state index is 14.9. The molecule has 32 heavy (non-hydrogen) atoms. The Balaban J connectivity index is 1.37. The molecule has 8 nitrogen and oxygen atoms in total. The molecule has 4 heterocycles. The second-order valence-corrected chi connectivity index (χ2v) is 8.62. The third-order valence-corrected chi connectivity index (χ3v) is 6.60. The summed E-state index contributed by atoms with van der Waals surface area (Å²) >= 11 is 0. The van der Waals surface area contributed by atoms with Crippen molar-refractivity contribution in [3.63, 3.8) is 0 Å². The molecule has 3 aromatic rings. The first kappa shape index (κ1) is 20.6. The fraction of sp³-hybridized carbons (Fsp3) is 0.391. The van der Waals surface area contributed by atoms with Gasteiger partial charge in [0.1, 0.15) is 17.7 Å². The van der Waals surface area contributed by atoms with E-state index in [1.807, 2.05) is 11.9 Å². The molecule has 0 aliphatic carbocycles. The number of aromatic nitrogens is 4. The van der Waals surface area contributed by atoms with Crippen molar-refractivity contribution in [2.75, 3.05) is 11.9 Å². The molecule has 2 N–H and O–H groups in total. The van der Waals surface area contributed by atoms with E-state index in [2.05, 4.69) is 20.3 Å². The van der Waals surface area contributed by atoms with Gasteiger partial charge in [-0.1, -0.05) is 6.07 Å². The number of benzene rings is 1. The number of nitrogens with one attached hydrogen (secondary N) is 1. The minimum Gasteiger partial charge on any atom is -0.507 e. The zero-order valence-electron chi connectivity index (χ0n) is 17.9. The Morgan fingerprint density at radius 1 is 1.16 bits per heavy atom. The zero-order chi connectivity index (χ0) is 22.4. The number of hydrogen-bond donors (Lipinski definition) is 2. The monoisotopic (exact) mass is 436 g/mol. The minimum absolute atomic E-state index is 0.0131. The average molecular weight is 436 g/mol. The highest BCUT2D eigenvalue weighted by atomic mass is 19.1. The molecule has 2 aliphatic rings. The molecule has 9 heteroatoms. The van der Waals surface area contributed by atoms with E-state index >= 15 is 0 Å². The maximum Gasteiger partial charge on any atom is 0.253 e. The first-order valence-corrected chi connectivity index (χ1v) is 10.7. The second kappa shape index (κ2) is 7.98. The molecule has 4 atom stereocenters. The van der Waals surface area contributed by atoms with Gasteiger partial charge in [-0.25, -0.2) is 14.4 Å². The molecule has 2 unspecified atom stereocenters. The van der Waals surface area contributed by atoms with Gasteiger partial charge in [0.2, 0.25) is 0 Å². The van der Waals surface area contributed by atoms with Crippen LogP contribution in [0.3, 0.4) is 0 Å². The van der Waals surface area contributed by atoms with Crippen LogP contribution in [0.4, 0.5) is 10.2 Å². The van der Waals surface area contributed by atoms with Gasteiger partial charge in [-0.05, 0) is 31.4 Å². The zero-order valence-corrected chi connectivity index (χ0v) is 17.9. The number of aromatic hydroxyl groups is 1. The van der Waals surface area contributed by atoms with Crippen LogP contribution in [0.1, 0.15) is 19.3 Å². The number of phenols is 1. The number of phenolic OH excluding ortho intramolecular Hbond substituents is 1. The predicted octanol–water partition coefficient (Wildman–Crippen LogP) is 2.28. The Bertz CT molecular complexity index is 1200. The van der Waals surface area contributed by atoms with E-state index in [4.69, 9.17) is 0 Å². The van der Waals surface area contributed by atoms with Gasteiger partial charge in [-0.2, -0.15) is 0 Å². The molecule has 2 fully saturated rings. The number of piperidine rings is 1. The van der Waals surface area contributed by atoms with E-state index in [1.165, 1.54) is 17.0 Å². The summed E-state index contributed by atoms with van der Waals surface area (Å²) in [4.78, 5) is 26.9. The standard InChI is InChI=1S/C23H25FN6O2/c1-29-12-27-17(9-22(29)32)13-3-5-15(20(31)7-13)18-10-26-21(11-25-18)30(2)19-8-14-4-6-16(28-14)23(19)24/h3,5,7,9-12,14,16,19,23,28,31H,4,6,8H2,1-2H3/t14?,16?,19-,23+/m0/s1. The molecule has 2 bridgehead atoms. The van der Waals surface area contributed by atoms with Crippen LogP contribution in [0.25, 0.3) is 22.5 Å². The summed E-state index contributed by atoms with van der Waals surface area (Å²) < 4.78 is 16.3. The Kier molecular flexibility index (Phi) is 5.13. The highest BCUT2D eigenvalue weighted by Crippen LogP contribution is 2.34.